The molecule has 4 aromatic heterocycles. The van der Waals surface area contributed by atoms with Crippen molar-refractivity contribution in [1.29, 1.82) is 0 Å². The summed E-state index contributed by atoms with van der Waals surface area (Å²) in [5, 5.41) is 3.28. The Morgan fingerprint density at radius 3 is 1.93 bits per heavy atom. The van der Waals surface area contributed by atoms with Gasteiger partial charge in [0.15, 0.2) is 0 Å². The number of nitrogens with one attached hydrogen (secondary N) is 1. The molecule has 0 aliphatic carbocycles. The topological polar surface area (TPSA) is 49.7 Å². The average molecular weight is 889 g/mol. The Labute approximate surface area is 334 Å². The first-order valence-corrected chi connectivity index (χ1v) is 17.9. The molecule has 9 aromatic rings. The van der Waals surface area contributed by atoms with Crippen molar-refractivity contribution in [2.75, 3.05) is 4.90 Å². The van der Waals surface area contributed by atoms with Gasteiger partial charge in [-0.3, -0.25) is 0 Å². The number of anilines is 3. The van der Waals surface area contributed by atoms with Crippen molar-refractivity contribution in [3.8, 4) is 39.5 Å². The predicted octanol–water partition coefficient (Wildman–Crippen LogP) is 10.4. The van der Waals surface area contributed by atoms with E-state index in [1.165, 1.54) is 10.9 Å². The first-order valence-electron chi connectivity index (χ1n) is 17.9. The van der Waals surface area contributed by atoms with Gasteiger partial charge < -0.3 is 24.4 Å². The monoisotopic (exact) mass is 888 g/mol. The van der Waals surface area contributed by atoms with Gasteiger partial charge in [-0.05, 0) is 106 Å². The number of hydrogen-bond donors (Lipinski definition) is 1. The predicted molar refractivity (Wildman–Crippen MR) is 221 cm³/mol. The summed E-state index contributed by atoms with van der Waals surface area (Å²) in [5.41, 5.74) is 11.9. The minimum atomic E-state index is 0. The molecule has 0 spiro atoms. The number of nitrogens with zero attached hydrogens (tertiary/aromatic N) is 4. The Morgan fingerprint density at radius 1 is 0.655 bits per heavy atom. The van der Waals surface area contributed by atoms with Crippen molar-refractivity contribution in [2.45, 2.75) is 6.92 Å². The molecule has 0 radical (unpaired) electrons. The Kier molecular flexibility index (Phi) is 9.95. The van der Waals surface area contributed by atoms with Crippen LogP contribution in [0.2, 0.25) is 0 Å². The second kappa shape index (κ2) is 15.4. The summed E-state index contributed by atoms with van der Waals surface area (Å²) in [6.45, 7) is 6.51. The molecule has 0 saturated carbocycles. The minimum Gasteiger partial charge on any atom is -0.341 e. The van der Waals surface area contributed by atoms with E-state index in [-0.39, 0.29) is 21.1 Å². The Morgan fingerprint density at radius 2 is 1.29 bits per heavy atom. The number of pyridine rings is 2. The van der Waals surface area contributed by atoms with E-state index in [9.17, 15) is 0 Å². The summed E-state index contributed by atoms with van der Waals surface area (Å²) in [7, 11) is 0. The van der Waals surface area contributed by atoms with Gasteiger partial charge in [-0.1, -0.05) is 79.4 Å². The van der Waals surface area contributed by atoms with Gasteiger partial charge in [0.25, 0.3) is 0 Å². The second-order valence-electron chi connectivity index (χ2n) is 13.2. The van der Waals surface area contributed by atoms with Gasteiger partial charge in [0.05, 0.1) is 11.2 Å². The molecule has 1 N–H and O–H groups in total. The van der Waals surface area contributed by atoms with Crippen LogP contribution in [0.25, 0.3) is 63.0 Å². The van der Waals surface area contributed by atoms with E-state index in [0.29, 0.717) is 0 Å². The molecule has 0 aliphatic heterocycles. The summed E-state index contributed by atoms with van der Waals surface area (Å²) in [5.74, 6) is 0.883. The van der Waals surface area contributed by atoms with Crippen LogP contribution in [0.3, 0.4) is 0 Å². The molecule has 6 heteroatoms. The fourth-order valence-corrected chi connectivity index (χ4v) is 7.07. The van der Waals surface area contributed by atoms with Gasteiger partial charge in [-0.2, -0.15) is 0 Å². The molecule has 5 aromatic carbocycles. The number of aryl methyl sites for hydroxylation is 1. The van der Waals surface area contributed by atoms with Crippen LogP contribution in [0, 0.1) is 19.1 Å². The van der Waals surface area contributed by atoms with Crippen LogP contribution in [0.1, 0.15) is 11.3 Å². The maximum Gasteiger partial charge on any atom is 2.00 e. The Bertz CT molecular complexity index is 2780. The summed E-state index contributed by atoms with van der Waals surface area (Å²) in [6, 6.07) is 61.2. The third-order valence-electron chi connectivity index (χ3n) is 9.77. The van der Waals surface area contributed by atoms with Gasteiger partial charge in [-0.15, -0.1) is 59.7 Å². The first-order chi connectivity index (χ1) is 26.6. The van der Waals surface area contributed by atoms with E-state index in [1.807, 2.05) is 79.1 Å². The quantitative estimate of drug-likeness (QED) is 0.155. The van der Waals surface area contributed by atoms with Crippen LogP contribution in [-0.4, -0.2) is 19.5 Å². The third-order valence-corrected chi connectivity index (χ3v) is 9.77. The van der Waals surface area contributed by atoms with Crippen LogP contribution in [0.5, 0.6) is 0 Å². The van der Waals surface area contributed by atoms with Crippen molar-refractivity contribution < 1.29 is 21.1 Å². The van der Waals surface area contributed by atoms with Crippen molar-refractivity contribution in [3.63, 3.8) is 0 Å². The smallest absolute Gasteiger partial charge is 0.341 e. The minimum absolute atomic E-state index is 0. The normalized spacial score (nSPS) is 11.4. The SMILES string of the molecule is C=c1cccc/c1=C/c1c(C)c2cc(-c3ccc(N(c4[c-]c(-c5ccccn5)ccc4)c4[c-]c(-c5ccccn5)ccc4)[nH]3)ccc2n1-c1ccccc1.[Pt+2]. The number of hydrogen-bond acceptors (Lipinski definition) is 3. The van der Waals surface area contributed by atoms with Crippen molar-refractivity contribution >= 4 is 40.8 Å². The van der Waals surface area contributed by atoms with Gasteiger partial charge >= 0.3 is 21.1 Å². The summed E-state index contributed by atoms with van der Waals surface area (Å²) < 4.78 is 2.34. The van der Waals surface area contributed by atoms with Crippen LogP contribution in [0.4, 0.5) is 17.2 Å². The molecule has 0 saturated heterocycles. The van der Waals surface area contributed by atoms with Crippen LogP contribution in [0.15, 0.2) is 170 Å². The van der Waals surface area contributed by atoms with E-state index in [4.69, 9.17) is 0 Å². The molecule has 9 rings (SSSR count). The summed E-state index contributed by atoms with van der Waals surface area (Å²) >= 11 is 0. The van der Waals surface area contributed by atoms with Crippen molar-refractivity contribution in [3.05, 3.63) is 204 Å². The van der Waals surface area contributed by atoms with Crippen LogP contribution < -0.4 is 15.3 Å². The number of benzene rings is 5. The first kappa shape index (κ1) is 35.5. The second-order valence-corrected chi connectivity index (χ2v) is 13.2. The molecule has 55 heavy (non-hydrogen) atoms. The fraction of sp³-hybridized carbons (Fsp3) is 0.0204. The number of rotatable bonds is 8. The molecule has 266 valence electrons. The number of para-hydroxylation sites is 1. The molecule has 4 heterocycles. The number of aromatic nitrogens is 4. The summed E-state index contributed by atoms with van der Waals surface area (Å²) in [4.78, 5) is 15.1. The zero-order valence-electron chi connectivity index (χ0n) is 30.1. The molecule has 0 fully saturated rings. The Hall–Kier alpha value is -6.55. The van der Waals surface area contributed by atoms with Crippen molar-refractivity contribution in [2.24, 2.45) is 0 Å². The average Bonchev–Trinajstić information content (AvgIpc) is 3.82. The van der Waals surface area contributed by atoms with Gasteiger partial charge in [0, 0.05) is 29.2 Å². The number of aromatic amines is 1. The van der Waals surface area contributed by atoms with Gasteiger partial charge in [0.2, 0.25) is 0 Å². The number of H-pyrrole nitrogens is 1. The molecule has 0 unspecified atom stereocenters. The van der Waals surface area contributed by atoms with E-state index in [2.05, 4.69) is 147 Å². The number of fused-ring (bicyclic) bond motifs is 1. The van der Waals surface area contributed by atoms with Gasteiger partial charge in [-0.25, -0.2) is 0 Å². The van der Waals surface area contributed by atoms with E-state index in [1.54, 1.807) is 0 Å². The molecule has 0 amide bonds. The molecule has 5 nitrogen and oxygen atoms in total. The molecule has 0 aliphatic rings. The van der Waals surface area contributed by atoms with E-state index in [0.717, 1.165) is 78.3 Å². The zero-order valence-corrected chi connectivity index (χ0v) is 32.3. The maximum absolute atomic E-state index is 4.60. The zero-order chi connectivity index (χ0) is 36.4. The molecule has 0 atom stereocenters. The van der Waals surface area contributed by atoms with E-state index >= 15 is 0 Å². The largest absolute Gasteiger partial charge is 2.00 e. The summed E-state index contributed by atoms with van der Waals surface area (Å²) in [6.07, 6.45) is 5.87. The van der Waals surface area contributed by atoms with Crippen LogP contribution in [-0.2, 0) is 21.1 Å². The van der Waals surface area contributed by atoms with E-state index < -0.39 is 0 Å². The standard InChI is InChI=1S/C49H35N5.Pt/c1-34-14-6-7-15-36(34)33-48-35(2)43-32-39(24-26-47(43)54(48)40-18-4-3-5-19-40)46-25-27-49(52-46)53(41-20-12-16-37(30-41)44-22-8-10-28-50-44)42-21-13-17-38(31-42)45-23-9-11-29-51-45;/h3-29,32-33,52H,1H2,2H3;/q-2;+2/b36-33-;. The van der Waals surface area contributed by atoms with Crippen LogP contribution >= 0.6 is 0 Å². The molecular weight excluding hydrogens is 854 g/mol. The van der Waals surface area contributed by atoms with Crippen molar-refractivity contribution in [1.82, 2.24) is 19.5 Å². The maximum atomic E-state index is 4.60. The fourth-order valence-electron chi connectivity index (χ4n) is 7.07. The third kappa shape index (κ3) is 6.99. The Balaban J connectivity index is 0.00000427. The molecule has 0 bridgehead atoms. The van der Waals surface area contributed by atoms with Gasteiger partial charge in [0.1, 0.15) is 5.82 Å². The molecular formula is C49H35N5Pt.